The maximum atomic E-state index is 12.2. The first-order chi connectivity index (χ1) is 10.3. The Morgan fingerprint density at radius 2 is 2.10 bits per heavy atom. The Bertz CT molecular complexity index is 501. The zero-order valence-electron chi connectivity index (χ0n) is 12.6. The number of carbonyl (C=O) groups excluding carboxylic acids is 1. The largest absolute Gasteiger partial charge is 0.381 e. The van der Waals surface area contributed by atoms with Gasteiger partial charge in [-0.15, -0.1) is 0 Å². The maximum Gasteiger partial charge on any atom is 0.244 e. The molecule has 1 fully saturated rings. The van der Waals surface area contributed by atoms with Gasteiger partial charge >= 0.3 is 0 Å². The van der Waals surface area contributed by atoms with E-state index in [9.17, 15) is 4.79 Å². The molecule has 0 radical (unpaired) electrons. The van der Waals surface area contributed by atoms with E-state index in [2.05, 4.69) is 27.8 Å². The van der Waals surface area contributed by atoms with Crippen LogP contribution in [0, 0.1) is 0 Å². The number of hydrogen-bond donors (Lipinski definition) is 3. The molecule has 0 aromatic heterocycles. The quantitative estimate of drug-likeness (QED) is 0.742. The second-order valence-electron chi connectivity index (χ2n) is 5.77. The van der Waals surface area contributed by atoms with Crippen molar-refractivity contribution in [2.75, 3.05) is 36.8 Å². The molecule has 1 heterocycles. The Hall–Kier alpha value is -1.75. The molecular weight excluding hydrogens is 264 g/mol. The van der Waals surface area contributed by atoms with Crippen LogP contribution in [0.3, 0.4) is 0 Å². The van der Waals surface area contributed by atoms with E-state index >= 15 is 0 Å². The molecule has 1 unspecified atom stereocenters. The first-order valence-electron chi connectivity index (χ1n) is 7.89. The Kier molecular flexibility index (Phi) is 4.29. The van der Waals surface area contributed by atoms with Gasteiger partial charge in [-0.25, -0.2) is 0 Å². The summed E-state index contributed by atoms with van der Waals surface area (Å²) in [5, 5.41) is 9.64. The third-order valence-electron chi connectivity index (χ3n) is 4.24. The number of anilines is 2. The Morgan fingerprint density at radius 3 is 2.81 bits per heavy atom. The normalized spacial score (nSPS) is 20.4. The van der Waals surface area contributed by atoms with Crippen molar-refractivity contribution in [3.8, 4) is 0 Å². The zero-order valence-corrected chi connectivity index (χ0v) is 12.6. The van der Waals surface area contributed by atoms with Gasteiger partial charge in [0.25, 0.3) is 0 Å². The lowest BCUT2D eigenvalue weighted by molar-refractivity contribution is -0.121. The summed E-state index contributed by atoms with van der Waals surface area (Å²) in [5.41, 5.74) is 2.06. The van der Waals surface area contributed by atoms with Crippen LogP contribution in [0.5, 0.6) is 0 Å². The SMILES string of the molecule is CCN(CCNC(=O)C1CNc2ccccc2N1)C1CC1. The van der Waals surface area contributed by atoms with Crippen molar-refractivity contribution in [1.29, 1.82) is 0 Å². The fraction of sp³-hybridized carbons (Fsp3) is 0.562. The van der Waals surface area contributed by atoms with Gasteiger partial charge in [-0.3, -0.25) is 9.69 Å². The summed E-state index contributed by atoms with van der Waals surface area (Å²) in [5.74, 6) is 0.0730. The number of nitrogens with zero attached hydrogens (tertiary/aromatic N) is 1. The van der Waals surface area contributed by atoms with Crippen molar-refractivity contribution >= 4 is 17.3 Å². The third kappa shape index (κ3) is 3.47. The average molecular weight is 288 g/mol. The van der Waals surface area contributed by atoms with E-state index in [0.717, 1.165) is 37.1 Å². The van der Waals surface area contributed by atoms with Crippen molar-refractivity contribution in [2.24, 2.45) is 0 Å². The molecule has 3 N–H and O–H groups in total. The Morgan fingerprint density at radius 1 is 1.33 bits per heavy atom. The fourth-order valence-electron chi connectivity index (χ4n) is 2.86. The van der Waals surface area contributed by atoms with Crippen molar-refractivity contribution in [2.45, 2.75) is 31.8 Å². The van der Waals surface area contributed by atoms with Crippen LogP contribution in [-0.2, 0) is 4.79 Å². The molecule has 1 amide bonds. The second kappa shape index (κ2) is 6.35. The molecule has 5 heteroatoms. The summed E-state index contributed by atoms with van der Waals surface area (Å²) < 4.78 is 0. The molecule has 1 aliphatic heterocycles. The monoisotopic (exact) mass is 288 g/mol. The molecule has 1 atom stereocenters. The smallest absolute Gasteiger partial charge is 0.244 e. The number of amides is 1. The van der Waals surface area contributed by atoms with Gasteiger partial charge in [0.1, 0.15) is 6.04 Å². The molecule has 2 aliphatic rings. The van der Waals surface area contributed by atoms with Gasteiger partial charge in [0, 0.05) is 25.7 Å². The number of hydrogen-bond acceptors (Lipinski definition) is 4. The Labute approximate surface area is 126 Å². The highest BCUT2D eigenvalue weighted by Crippen LogP contribution is 2.26. The Balaban J connectivity index is 1.46. The summed E-state index contributed by atoms with van der Waals surface area (Å²) in [6.07, 6.45) is 2.62. The number of benzene rings is 1. The van der Waals surface area contributed by atoms with Crippen LogP contribution in [0.1, 0.15) is 19.8 Å². The topological polar surface area (TPSA) is 56.4 Å². The van der Waals surface area contributed by atoms with Gasteiger partial charge in [-0.2, -0.15) is 0 Å². The van der Waals surface area contributed by atoms with E-state index in [4.69, 9.17) is 0 Å². The average Bonchev–Trinajstić information content (AvgIpc) is 3.35. The molecule has 0 bridgehead atoms. The van der Waals surface area contributed by atoms with E-state index < -0.39 is 0 Å². The lowest BCUT2D eigenvalue weighted by Crippen LogP contribution is -2.47. The standard InChI is InChI=1S/C16H24N4O/c1-2-20(12-7-8-12)10-9-17-16(21)15-11-18-13-5-3-4-6-14(13)19-15/h3-6,12,15,18-19H,2,7-11H2,1H3,(H,17,21). The van der Waals surface area contributed by atoms with Gasteiger partial charge in [-0.1, -0.05) is 19.1 Å². The highest BCUT2D eigenvalue weighted by molar-refractivity contribution is 5.88. The third-order valence-corrected chi connectivity index (χ3v) is 4.24. The minimum Gasteiger partial charge on any atom is -0.381 e. The van der Waals surface area contributed by atoms with E-state index in [0.29, 0.717) is 6.54 Å². The maximum absolute atomic E-state index is 12.2. The summed E-state index contributed by atoms with van der Waals surface area (Å²) in [6, 6.07) is 8.54. The van der Waals surface area contributed by atoms with Crippen LogP contribution in [0.15, 0.2) is 24.3 Å². The molecule has 5 nitrogen and oxygen atoms in total. The number of nitrogens with one attached hydrogen (secondary N) is 3. The summed E-state index contributed by atoms with van der Waals surface area (Å²) >= 11 is 0. The summed E-state index contributed by atoms with van der Waals surface area (Å²) in [4.78, 5) is 14.7. The number of carbonyl (C=O) groups is 1. The van der Waals surface area contributed by atoms with Crippen LogP contribution in [0.25, 0.3) is 0 Å². The van der Waals surface area contributed by atoms with Crippen molar-refractivity contribution in [3.63, 3.8) is 0 Å². The first-order valence-corrected chi connectivity index (χ1v) is 7.89. The molecule has 1 aromatic carbocycles. The molecule has 114 valence electrons. The van der Waals surface area contributed by atoms with Crippen LogP contribution in [0.2, 0.25) is 0 Å². The lowest BCUT2D eigenvalue weighted by atomic mass is 10.1. The van der Waals surface area contributed by atoms with Crippen molar-refractivity contribution < 1.29 is 4.79 Å². The number of fused-ring (bicyclic) bond motifs is 1. The van der Waals surface area contributed by atoms with Gasteiger partial charge < -0.3 is 16.0 Å². The van der Waals surface area contributed by atoms with Crippen LogP contribution < -0.4 is 16.0 Å². The summed E-state index contributed by atoms with van der Waals surface area (Å²) in [7, 11) is 0. The highest BCUT2D eigenvalue weighted by Gasteiger charge is 2.28. The lowest BCUT2D eigenvalue weighted by Gasteiger charge is -2.28. The molecule has 1 saturated carbocycles. The molecule has 21 heavy (non-hydrogen) atoms. The molecule has 1 aliphatic carbocycles. The van der Waals surface area contributed by atoms with Crippen LogP contribution >= 0.6 is 0 Å². The second-order valence-corrected chi connectivity index (χ2v) is 5.77. The number of rotatable bonds is 6. The van der Waals surface area contributed by atoms with Crippen LogP contribution in [-0.4, -0.2) is 49.1 Å². The number of para-hydroxylation sites is 2. The van der Waals surface area contributed by atoms with Crippen molar-refractivity contribution in [3.05, 3.63) is 24.3 Å². The van der Waals surface area contributed by atoms with Gasteiger partial charge in [0.05, 0.1) is 11.4 Å². The predicted octanol–water partition coefficient (Wildman–Crippen LogP) is 1.49. The minimum absolute atomic E-state index is 0.0730. The van der Waals surface area contributed by atoms with E-state index in [1.54, 1.807) is 0 Å². The summed E-state index contributed by atoms with van der Waals surface area (Å²) in [6.45, 7) is 5.55. The van der Waals surface area contributed by atoms with Gasteiger partial charge in [0.2, 0.25) is 5.91 Å². The van der Waals surface area contributed by atoms with Crippen LogP contribution in [0.4, 0.5) is 11.4 Å². The zero-order chi connectivity index (χ0) is 14.7. The first kappa shape index (κ1) is 14.2. The fourth-order valence-corrected chi connectivity index (χ4v) is 2.86. The molecule has 1 aromatic rings. The van der Waals surface area contributed by atoms with Gasteiger partial charge in [-0.05, 0) is 31.5 Å². The number of likely N-dealkylation sites (N-methyl/N-ethyl adjacent to an activating group) is 1. The molecule has 0 saturated heterocycles. The molecule has 3 rings (SSSR count). The van der Waals surface area contributed by atoms with Gasteiger partial charge in [0.15, 0.2) is 0 Å². The molecule has 0 spiro atoms. The van der Waals surface area contributed by atoms with Crippen molar-refractivity contribution in [1.82, 2.24) is 10.2 Å². The van der Waals surface area contributed by atoms with E-state index in [-0.39, 0.29) is 11.9 Å². The van der Waals surface area contributed by atoms with E-state index in [1.165, 1.54) is 12.8 Å². The molecular formula is C16H24N4O. The highest BCUT2D eigenvalue weighted by atomic mass is 16.2. The van der Waals surface area contributed by atoms with E-state index in [1.807, 2.05) is 24.3 Å². The minimum atomic E-state index is -0.198. The predicted molar refractivity (Wildman–Crippen MR) is 85.6 cm³/mol.